The standard InChI is InChI=1S/C16H15N3S2/c1-11-5-4-7-14(15(11)17)20-9-12-10-21-16(19-12)13-6-2-3-8-18-13/h2-8,10H,9,17H2,1H3. The van der Waals surface area contributed by atoms with E-state index in [1.807, 2.05) is 37.3 Å². The fourth-order valence-electron chi connectivity index (χ4n) is 1.91. The fourth-order valence-corrected chi connectivity index (χ4v) is 3.75. The van der Waals surface area contributed by atoms with Gasteiger partial charge in [-0.15, -0.1) is 23.1 Å². The van der Waals surface area contributed by atoms with Crippen LogP contribution in [0.25, 0.3) is 10.7 Å². The molecule has 2 heterocycles. The topological polar surface area (TPSA) is 51.8 Å². The van der Waals surface area contributed by atoms with E-state index in [4.69, 9.17) is 5.73 Å². The number of para-hydroxylation sites is 1. The molecular weight excluding hydrogens is 298 g/mol. The predicted octanol–water partition coefficient (Wildman–Crippen LogP) is 4.39. The van der Waals surface area contributed by atoms with Crippen LogP contribution >= 0.6 is 23.1 Å². The van der Waals surface area contributed by atoms with Gasteiger partial charge in [0.05, 0.1) is 11.4 Å². The molecule has 0 saturated carbocycles. The first-order valence-electron chi connectivity index (χ1n) is 6.58. The SMILES string of the molecule is Cc1cccc(SCc2csc(-c3ccccn3)n2)c1N. The van der Waals surface area contributed by atoms with E-state index in [-0.39, 0.29) is 0 Å². The Morgan fingerprint density at radius 3 is 2.90 bits per heavy atom. The summed E-state index contributed by atoms with van der Waals surface area (Å²) in [5, 5.41) is 3.05. The number of nitrogen functional groups attached to an aromatic ring is 1. The molecule has 0 radical (unpaired) electrons. The lowest BCUT2D eigenvalue weighted by Gasteiger charge is -2.06. The first-order valence-corrected chi connectivity index (χ1v) is 8.44. The Labute approximate surface area is 132 Å². The van der Waals surface area contributed by atoms with Crippen LogP contribution in [0.15, 0.2) is 52.9 Å². The number of anilines is 1. The van der Waals surface area contributed by atoms with Crippen LogP contribution in [0.5, 0.6) is 0 Å². The van der Waals surface area contributed by atoms with E-state index in [0.29, 0.717) is 0 Å². The van der Waals surface area contributed by atoms with Gasteiger partial charge in [0.1, 0.15) is 5.01 Å². The van der Waals surface area contributed by atoms with Crippen molar-refractivity contribution < 1.29 is 0 Å². The highest BCUT2D eigenvalue weighted by molar-refractivity contribution is 7.98. The van der Waals surface area contributed by atoms with Crippen molar-refractivity contribution in [2.24, 2.45) is 0 Å². The number of pyridine rings is 1. The number of aromatic nitrogens is 2. The zero-order valence-electron chi connectivity index (χ0n) is 11.6. The van der Waals surface area contributed by atoms with E-state index in [9.17, 15) is 0 Å². The number of nitrogens with zero attached hydrogens (tertiary/aromatic N) is 2. The Kier molecular flexibility index (Phi) is 4.22. The molecule has 0 aliphatic rings. The lowest BCUT2D eigenvalue weighted by atomic mass is 10.2. The second-order valence-corrected chi connectivity index (χ2v) is 6.51. The largest absolute Gasteiger partial charge is 0.398 e. The number of thioether (sulfide) groups is 1. The molecule has 0 spiro atoms. The molecule has 0 aliphatic heterocycles. The molecule has 0 unspecified atom stereocenters. The molecule has 2 aromatic heterocycles. The van der Waals surface area contributed by atoms with E-state index >= 15 is 0 Å². The molecule has 106 valence electrons. The van der Waals surface area contributed by atoms with Crippen LogP contribution in [0.3, 0.4) is 0 Å². The molecule has 3 nitrogen and oxygen atoms in total. The van der Waals surface area contributed by atoms with Crippen LogP contribution in [0.1, 0.15) is 11.3 Å². The van der Waals surface area contributed by atoms with Crippen LogP contribution < -0.4 is 5.73 Å². The summed E-state index contributed by atoms with van der Waals surface area (Å²) in [6.07, 6.45) is 1.79. The summed E-state index contributed by atoms with van der Waals surface area (Å²) in [6, 6.07) is 12.0. The first-order chi connectivity index (χ1) is 10.2. The van der Waals surface area contributed by atoms with Gasteiger partial charge in [-0.2, -0.15) is 0 Å². The Bertz CT molecular complexity index is 738. The molecule has 0 atom stereocenters. The minimum Gasteiger partial charge on any atom is -0.398 e. The zero-order valence-corrected chi connectivity index (χ0v) is 13.2. The Morgan fingerprint density at radius 1 is 1.19 bits per heavy atom. The third-order valence-electron chi connectivity index (χ3n) is 3.10. The second kappa shape index (κ2) is 6.28. The number of rotatable bonds is 4. The van der Waals surface area contributed by atoms with Crippen LogP contribution in [-0.2, 0) is 5.75 Å². The van der Waals surface area contributed by atoms with Gasteiger partial charge >= 0.3 is 0 Å². The molecule has 0 amide bonds. The van der Waals surface area contributed by atoms with Crippen molar-refractivity contribution >= 4 is 28.8 Å². The molecule has 3 rings (SSSR count). The van der Waals surface area contributed by atoms with E-state index in [1.54, 1.807) is 29.3 Å². The predicted molar refractivity (Wildman–Crippen MR) is 90.5 cm³/mol. The van der Waals surface area contributed by atoms with Gasteiger partial charge in [0, 0.05) is 27.9 Å². The minimum atomic E-state index is 0.816. The second-order valence-electron chi connectivity index (χ2n) is 4.63. The highest BCUT2D eigenvalue weighted by atomic mass is 32.2. The Hall–Kier alpha value is -1.85. The third kappa shape index (κ3) is 3.25. The number of hydrogen-bond acceptors (Lipinski definition) is 5. The third-order valence-corrected chi connectivity index (χ3v) is 5.12. The van der Waals surface area contributed by atoms with Gasteiger partial charge in [-0.1, -0.05) is 18.2 Å². The lowest BCUT2D eigenvalue weighted by Crippen LogP contribution is -1.92. The summed E-state index contributed by atoms with van der Waals surface area (Å²) in [5.74, 6) is 0.816. The zero-order chi connectivity index (χ0) is 14.7. The van der Waals surface area contributed by atoms with E-state index < -0.39 is 0 Å². The van der Waals surface area contributed by atoms with E-state index in [0.717, 1.165) is 38.3 Å². The highest BCUT2D eigenvalue weighted by Gasteiger charge is 2.07. The van der Waals surface area contributed by atoms with Crippen molar-refractivity contribution in [2.75, 3.05) is 5.73 Å². The average Bonchev–Trinajstić information content (AvgIpc) is 2.99. The summed E-state index contributed by atoms with van der Waals surface area (Å²) in [6.45, 7) is 2.03. The fraction of sp³-hybridized carbons (Fsp3) is 0.125. The van der Waals surface area contributed by atoms with Crippen molar-refractivity contribution in [3.05, 3.63) is 59.2 Å². The number of benzene rings is 1. The molecule has 1 aromatic carbocycles. The lowest BCUT2D eigenvalue weighted by molar-refractivity contribution is 1.21. The maximum absolute atomic E-state index is 6.09. The summed E-state index contributed by atoms with van der Waals surface area (Å²) >= 11 is 3.35. The van der Waals surface area contributed by atoms with Crippen molar-refractivity contribution in [1.82, 2.24) is 9.97 Å². The molecule has 3 aromatic rings. The normalized spacial score (nSPS) is 10.7. The van der Waals surface area contributed by atoms with Crippen LogP contribution in [-0.4, -0.2) is 9.97 Å². The molecular formula is C16H15N3S2. The molecule has 5 heteroatoms. The molecule has 0 bridgehead atoms. The van der Waals surface area contributed by atoms with Gasteiger partial charge < -0.3 is 5.73 Å². The quantitative estimate of drug-likeness (QED) is 0.573. The van der Waals surface area contributed by atoms with Crippen molar-refractivity contribution in [3.63, 3.8) is 0 Å². The van der Waals surface area contributed by atoms with Crippen LogP contribution in [0, 0.1) is 6.92 Å². The van der Waals surface area contributed by atoms with Crippen molar-refractivity contribution in [1.29, 1.82) is 0 Å². The summed E-state index contributed by atoms with van der Waals surface area (Å²) in [5.41, 5.74) is 10.1. The van der Waals surface area contributed by atoms with Gasteiger partial charge in [0.15, 0.2) is 0 Å². The number of hydrogen-bond donors (Lipinski definition) is 1. The maximum Gasteiger partial charge on any atom is 0.142 e. The van der Waals surface area contributed by atoms with E-state index in [1.165, 1.54) is 0 Å². The summed E-state index contributed by atoms with van der Waals surface area (Å²) in [7, 11) is 0. The van der Waals surface area contributed by atoms with Gasteiger partial charge in [-0.3, -0.25) is 4.98 Å². The minimum absolute atomic E-state index is 0.816. The van der Waals surface area contributed by atoms with Crippen molar-refractivity contribution in [3.8, 4) is 10.7 Å². The molecule has 0 aliphatic carbocycles. The van der Waals surface area contributed by atoms with E-state index in [2.05, 4.69) is 21.4 Å². The first kappa shape index (κ1) is 14.1. The summed E-state index contributed by atoms with van der Waals surface area (Å²) in [4.78, 5) is 10.1. The van der Waals surface area contributed by atoms with Crippen LogP contribution in [0.2, 0.25) is 0 Å². The van der Waals surface area contributed by atoms with Gasteiger partial charge in [-0.05, 0) is 30.7 Å². The Balaban J connectivity index is 1.72. The summed E-state index contributed by atoms with van der Waals surface area (Å²) < 4.78 is 0. The number of thiazole rings is 1. The van der Waals surface area contributed by atoms with Crippen LogP contribution in [0.4, 0.5) is 5.69 Å². The molecule has 0 saturated heterocycles. The molecule has 0 fully saturated rings. The van der Waals surface area contributed by atoms with Crippen molar-refractivity contribution in [2.45, 2.75) is 17.6 Å². The smallest absolute Gasteiger partial charge is 0.142 e. The van der Waals surface area contributed by atoms with Gasteiger partial charge in [-0.25, -0.2) is 4.98 Å². The van der Waals surface area contributed by atoms with Gasteiger partial charge in [0.25, 0.3) is 0 Å². The maximum atomic E-state index is 6.09. The monoisotopic (exact) mass is 313 g/mol. The number of nitrogens with two attached hydrogens (primary N) is 1. The Morgan fingerprint density at radius 2 is 2.10 bits per heavy atom. The average molecular weight is 313 g/mol. The van der Waals surface area contributed by atoms with Gasteiger partial charge in [0.2, 0.25) is 0 Å². The highest BCUT2D eigenvalue weighted by Crippen LogP contribution is 2.31. The molecule has 21 heavy (non-hydrogen) atoms. The number of aryl methyl sites for hydroxylation is 1. The molecule has 2 N–H and O–H groups in total.